The number of pyridine rings is 1. The van der Waals surface area contributed by atoms with Crippen LogP contribution in [-0.2, 0) is 0 Å². The first kappa shape index (κ1) is 13.1. The van der Waals surface area contributed by atoms with E-state index in [1.54, 1.807) is 30.5 Å². The molecule has 2 aromatic rings. The van der Waals surface area contributed by atoms with Gasteiger partial charge in [-0.1, -0.05) is 17.7 Å². The second kappa shape index (κ2) is 5.50. The topological polar surface area (TPSA) is 42.0 Å². The Morgan fingerprint density at radius 1 is 1.39 bits per heavy atom. The first-order valence-corrected chi connectivity index (χ1v) is 6.43. The Morgan fingerprint density at radius 2 is 2.17 bits per heavy atom. The van der Waals surface area contributed by atoms with E-state index in [2.05, 4.69) is 26.2 Å². The zero-order valence-electron chi connectivity index (χ0n) is 9.58. The molecule has 3 nitrogen and oxygen atoms in total. The quantitative estimate of drug-likeness (QED) is 0.846. The highest BCUT2D eigenvalue weighted by Gasteiger charge is 2.09. The Bertz CT molecular complexity index is 601. The molecule has 2 rings (SSSR count). The average Bonchev–Trinajstić information content (AvgIpc) is 2.35. The zero-order valence-corrected chi connectivity index (χ0v) is 11.9. The highest BCUT2D eigenvalue weighted by molar-refractivity contribution is 9.10. The number of nitrogens with zero attached hydrogens (tertiary/aromatic N) is 1. The number of rotatable bonds is 2. The number of carbonyl (C=O) groups is 1. The summed E-state index contributed by atoms with van der Waals surface area (Å²) in [5.41, 5.74) is 2.09. The van der Waals surface area contributed by atoms with Crippen LogP contribution in [0, 0.1) is 6.92 Å². The van der Waals surface area contributed by atoms with E-state index >= 15 is 0 Å². The van der Waals surface area contributed by atoms with Crippen LogP contribution in [0.25, 0.3) is 0 Å². The molecule has 5 heteroatoms. The fourth-order valence-electron chi connectivity index (χ4n) is 1.48. The van der Waals surface area contributed by atoms with Crippen LogP contribution in [0.15, 0.2) is 41.1 Å². The first-order chi connectivity index (χ1) is 8.58. The minimum atomic E-state index is -0.191. The van der Waals surface area contributed by atoms with E-state index in [-0.39, 0.29) is 5.91 Å². The number of anilines is 1. The van der Waals surface area contributed by atoms with Crippen molar-refractivity contribution in [2.75, 3.05) is 5.32 Å². The van der Waals surface area contributed by atoms with Gasteiger partial charge in [-0.15, -0.1) is 0 Å². The van der Waals surface area contributed by atoms with E-state index in [1.165, 1.54) is 0 Å². The number of halogens is 2. The number of nitrogens with one attached hydrogen (secondary N) is 1. The molecule has 0 atom stereocenters. The molecule has 1 N–H and O–H groups in total. The molecule has 0 fully saturated rings. The van der Waals surface area contributed by atoms with Gasteiger partial charge >= 0.3 is 0 Å². The van der Waals surface area contributed by atoms with Crippen LogP contribution in [0.1, 0.15) is 15.9 Å². The molecule has 18 heavy (non-hydrogen) atoms. The van der Waals surface area contributed by atoms with Crippen LogP contribution < -0.4 is 5.32 Å². The smallest absolute Gasteiger partial charge is 0.255 e. The largest absolute Gasteiger partial charge is 0.322 e. The number of hydrogen-bond donors (Lipinski definition) is 1. The zero-order chi connectivity index (χ0) is 13.1. The molecule has 0 saturated carbocycles. The van der Waals surface area contributed by atoms with E-state index in [4.69, 9.17) is 11.6 Å². The molecule has 1 amide bonds. The lowest BCUT2D eigenvalue weighted by Crippen LogP contribution is -2.12. The monoisotopic (exact) mass is 324 g/mol. The predicted molar refractivity (Wildman–Crippen MR) is 76.1 cm³/mol. The summed E-state index contributed by atoms with van der Waals surface area (Å²) in [5, 5.41) is 3.45. The summed E-state index contributed by atoms with van der Waals surface area (Å²) in [5.74, 6) is -0.191. The lowest BCUT2D eigenvalue weighted by atomic mass is 10.2. The van der Waals surface area contributed by atoms with Crippen molar-refractivity contribution in [2.24, 2.45) is 0 Å². The standard InChI is InChI=1S/C13H10BrClN2O/c1-8-10(15)3-2-4-11(8)17-13(18)9-5-6-16-12(14)7-9/h2-7H,1H3,(H,17,18). The molecule has 92 valence electrons. The van der Waals surface area contributed by atoms with Gasteiger partial charge in [-0.25, -0.2) is 4.98 Å². The van der Waals surface area contributed by atoms with E-state index in [1.807, 2.05) is 13.0 Å². The van der Waals surface area contributed by atoms with Crippen LogP contribution in [0.2, 0.25) is 5.02 Å². The molecule has 0 radical (unpaired) electrons. The van der Waals surface area contributed by atoms with E-state index in [9.17, 15) is 4.79 Å². The fraction of sp³-hybridized carbons (Fsp3) is 0.0769. The van der Waals surface area contributed by atoms with Crippen LogP contribution in [0.4, 0.5) is 5.69 Å². The molecule has 0 bridgehead atoms. The molecule has 0 aliphatic heterocycles. The van der Waals surface area contributed by atoms with Gasteiger partial charge in [-0.3, -0.25) is 4.79 Å². The third-order valence-corrected chi connectivity index (χ3v) is 3.35. The summed E-state index contributed by atoms with van der Waals surface area (Å²) in [7, 11) is 0. The van der Waals surface area contributed by atoms with Gasteiger partial charge in [0.1, 0.15) is 4.60 Å². The summed E-state index contributed by atoms with van der Waals surface area (Å²) < 4.78 is 0.623. The van der Waals surface area contributed by atoms with Gasteiger partial charge in [0.15, 0.2) is 0 Å². The highest BCUT2D eigenvalue weighted by Crippen LogP contribution is 2.23. The molecule has 0 aliphatic carbocycles. The maximum Gasteiger partial charge on any atom is 0.255 e. The van der Waals surface area contributed by atoms with Gasteiger partial charge in [0, 0.05) is 22.5 Å². The molecule has 1 heterocycles. The lowest BCUT2D eigenvalue weighted by molar-refractivity contribution is 0.102. The number of benzene rings is 1. The Hall–Kier alpha value is -1.39. The summed E-state index contributed by atoms with van der Waals surface area (Å²) in [6.45, 7) is 1.86. The summed E-state index contributed by atoms with van der Waals surface area (Å²) >= 11 is 9.23. The Morgan fingerprint density at radius 3 is 2.89 bits per heavy atom. The lowest BCUT2D eigenvalue weighted by Gasteiger charge is -2.09. The average molecular weight is 326 g/mol. The maximum atomic E-state index is 12.0. The number of hydrogen-bond acceptors (Lipinski definition) is 2. The normalized spacial score (nSPS) is 10.2. The SMILES string of the molecule is Cc1c(Cl)cccc1NC(=O)c1ccnc(Br)c1. The van der Waals surface area contributed by atoms with Gasteiger partial charge in [0.05, 0.1) is 0 Å². The highest BCUT2D eigenvalue weighted by atomic mass is 79.9. The molecule has 0 saturated heterocycles. The number of aromatic nitrogens is 1. The third kappa shape index (κ3) is 2.89. The summed E-state index contributed by atoms with van der Waals surface area (Å²) in [6.07, 6.45) is 1.57. The van der Waals surface area contributed by atoms with Crippen LogP contribution >= 0.6 is 27.5 Å². The van der Waals surface area contributed by atoms with Gasteiger partial charge in [0.2, 0.25) is 0 Å². The fourth-order valence-corrected chi connectivity index (χ4v) is 2.02. The van der Waals surface area contributed by atoms with Gasteiger partial charge in [-0.2, -0.15) is 0 Å². The third-order valence-electron chi connectivity index (χ3n) is 2.50. The Kier molecular flexibility index (Phi) is 3.99. The minimum absolute atomic E-state index is 0.191. The molecule has 1 aromatic heterocycles. The molecule has 0 unspecified atom stereocenters. The van der Waals surface area contributed by atoms with Crippen LogP contribution in [0.5, 0.6) is 0 Å². The van der Waals surface area contributed by atoms with Crippen molar-refractivity contribution in [3.05, 3.63) is 57.3 Å². The molecule has 0 aliphatic rings. The van der Waals surface area contributed by atoms with Crippen molar-refractivity contribution >= 4 is 39.1 Å². The van der Waals surface area contributed by atoms with E-state index in [0.29, 0.717) is 20.9 Å². The summed E-state index contributed by atoms with van der Waals surface area (Å²) in [4.78, 5) is 16.0. The Labute approximate surface area is 118 Å². The molecule has 0 spiro atoms. The second-order valence-corrected chi connectivity index (χ2v) is 4.95. The van der Waals surface area contributed by atoms with Crippen LogP contribution in [-0.4, -0.2) is 10.9 Å². The predicted octanol–water partition coefficient (Wildman–Crippen LogP) is 4.06. The molecular weight excluding hydrogens is 316 g/mol. The van der Waals surface area contributed by atoms with Crippen molar-refractivity contribution in [1.29, 1.82) is 0 Å². The van der Waals surface area contributed by atoms with Crippen molar-refractivity contribution in [2.45, 2.75) is 6.92 Å². The van der Waals surface area contributed by atoms with Crippen molar-refractivity contribution in [3.63, 3.8) is 0 Å². The molecular formula is C13H10BrClN2O. The molecule has 1 aromatic carbocycles. The summed E-state index contributed by atoms with van der Waals surface area (Å²) in [6, 6.07) is 8.72. The van der Waals surface area contributed by atoms with Crippen molar-refractivity contribution in [1.82, 2.24) is 4.98 Å². The van der Waals surface area contributed by atoms with Crippen LogP contribution in [0.3, 0.4) is 0 Å². The van der Waals surface area contributed by atoms with E-state index in [0.717, 1.165) is 5.56 Å². The van der Waals surface area contributed by atoms with E-state index < -0.39 is 0 Å². The minimum Gasteiger partial charge on any atom is -0.322 e. The van der Waals surface area contributed by atoms with Gasteiger partial charge < -0.3 is 5.32 Å². The first-order valence-electron chi connectivity index (χ1n) is 5.26. The van der Waals surface area contributed by atoms with Crippen molar-refractivity contribution in [3.8, 4) is 0 Å². The van der Waals surface area contributed by atoms with Crippen molar-refractivity contribution < 1.29 is 4.79 Å². The second-order valence-electron chi connectivity index (χ2n) is 3.73. The van der Waals surface area contributed by atoms with Gasteiger partial charge in [-0.05, 0) is 52.7 Å². The van der Waals surface area contributed by atoms with Gasteiger partial charge in [0.25, 0.3) is 5.91 Å². The number of amides is 1. The maximum absolute atomic E-state index is 12.0. The Balaban J connectivity index is 2.24. The number of carbonyl (C=O) groups excluding carboxylic acids is 1.